The highest BCUT2D eigenvalue weighted by Gasteiger charge is 2.07. The molecule has 0 saturated heterocycles. The van der Waals surface area contributed by atoms with E-state index in [1.807, 2.05) is 0 Å². The molecule has 0 bridgehead atoms. The summed E-state index contributed by atoms with van der Waals surface area (Å²) in [4.78, 5) is 0. The van der Waals surface area contributed by atoms with Gasteiger partial charge in [0.25, 0.3) is 0 Å². The minimum Gasteiger partial charge on any atom is -0.0958 e. The molecule has 0 aromatic heterocycles. The van der Waals surface area contributed by atoms with E-state index in [9.17, 15) is 0 Å². The molecule has 0 N–H and O–H groups in total. The molecule has 0 unspecified atom stereocenters. The summed E-state index contributed by atoms with van der Waals surface area (Å²) in [6.07, 6.45) is 11.8. The number of benzene rings is 2. The van der Waals surface area contributed by atoms with Crippen molar-refractivity contribution in [2.75, 3.05) is 0 Å². The van der Waals surface area contributed by atoms with Crippen molar-refractivity contribution in [1.82, 2.24) is 0 Å². The molecular weight excluding hydrogens is 288 g/mol. The van der Waals surface area contributed by atoms with Crippen LogP contribution in [-0.2, 0) is 0 Å². The molecular formula is C24H24. The largest absolute Gasteiger partial charge is 0.0958 e. The molecule has 0 spiro atoms. The molecule has 0 nitrogen and oxygen atoms in total. The summed E-state index contributed by atoms with van der Waals surface area (Å²) < 4.78 is 0. The number of fused-ring (bicyclic) bond motifs is 1. The van der Waals surface area contributed by atoms with Crippen LogP contribution in [0.3, 0.4) is 0 Å². The summed E-state index contributed by atoms with van der Waals surface area (Å²) >= 11 is 0. The lowest BCUT2D eigenvalue weighted by Crippen LogP contribution is -1.90. The van der Waals surface area contributed by atoms with Gasteiger partial charge in [-0.1, -0.05) is 72.9 Å². The van der Waals surface area contributed by atoms with E-state index in [-0.39, 0.29) is 0 Å². The Morgan fingerprint density at radius 3 is 2.67 bits per heavy atom. The van der Waals surface area contributed by atoms with Crippen molar-refractivity contribution in [3.63, 3.8) is 0 Å². The second kappa shape index (κ2) is 6.88. The zero-order valence-electron chi connectivity index (χ0n) is 14.8. The molecule has 24 heavy (non-hydrogen) atoms. The predicted octanol–water partition coefficient (Wildman–Crippen LogP) is 6.94. The number of allylic oxidation sites excluding steroid dienone is 9. The van der Waals surface area contributed by atoms with Gasteiger partial charge in [0.2, 0.25) is 0 Å². The Labute approximate surface area is 145 Å². The topological polar surface area (TPSA) is 0 Å². The van der Waals surface area contributed by atoms with E-state index in [0.29, 0.717) is 0 Å². The lowest BCUT2D eigenvalue weighted by atomic mass is 9.94. The molecule has 0 saturated carbocycles. The van der Waals surface area contributed by atoms with Crippen LogP contribution in [0.4, 0.5) is 0 Å². The van der Waals surface area contributed by atoms with E-state index < -0.39 is 0 Å². The monoisotopic (exact) mass is 312 g/mol. The summed E-state index contributed by atoms with van der Waals surface area (Å²) in [5.74, 6) is 0. The van der Waals surface area contributed by atoms with Crippen molar-refractivity contribution in [3.05, 3.63) is 101 Å². The minimum absolute atomic E-state index is 0.943. The van der Waals surface area contributed by atoms with Crippen molar-refractivity contribution in [2.24, 2.45) is 0 Å². The van der Waals surface area contributed by atoms with Crippen LogP contribution in [0.5, 0.6) is 0 Å². The van der Waals surface area contributed by atoms with E-state index in [0.717, 1.165) is 12.0 Å². The Bertz CT molecular complexity index is 914. The van der Waals surface area contributed by atoms with Crippen LogP contribution in [-0.4, -0.2) is 0 Å². The lowest BCUT2D eigenvalue weighted by molar-refractivity contribution is 1.20. The van der Waals surface area contributed by atoms with Gasteiger partial charge in [-0.25, -0.2) is 0 Å². The van der Waals surface area contributed by atoms with Crippen molar-refractivity contribution >= 4 is 16.3 Å². The standard InChI is InChI=1S/C24H24/c1-17(2)23-12-7-5-6-10-20(23)14-18(3)22-15-19(4)24-13-9-8-11-21(24)16-22/h5-11,13-16H,1,12H2,2-4H3. The average molecular weight is 312 g/mol. The van der Waals surface area contributed by atoms with Crippen LogP contribution >= 0.6 is 0 Å². The fourth-order valence-corrected chi connectivity index (χ4v) is 3.24. The lowest BCUT2D eigenvalue weighted by Gasteiger charge is -2.11. The van der Waals surface area contributed by atoms with Gasteiger partial charge in [0.1, 0.15) is 0 Å². The van der Waals surface area contributed by atoms with Gasteiger partial charge in [0.15, 0.2) is 0 Å². The van der Waals surface area contributed by atoms with Crippen LogP contribution in [0.1, 0.15) is 31.4 Å². The number of hydrogen-bond acceptors (Lipinski definition) is 0. The SMILES string of the molecule is C=C(C)C1=C(C=C(C)c2cc(C)c3ccccc3c2)C=CC=CC1. The first-order valence-corrected chi connectivity index (χ1v) is 8.46. The predicted molar refractivity (Wildman–Crippen MR) is 107 cm³/mol. The zero-order valence-corrected chi connectivity index (χ0v) is 14.8. The summed E-state index contributed by atoms with van der Waals surface area (Å²) in [6, 6.07) is 13.2. The summed E-state index contributed by atoms with van der Waals surface area (Å²) in [5.41, 5.74) is 7.60. The zero-order chi connectivity index (χ0) is 17.1. The second-order valence-corrected chi connectivity index (χ2v) is 6.55. The first-order valence-electron chi connectivity index (χ1n) is 8.46. The molecule has 0 heteroatoms. The van der Waals surface area contributed by atoms with E-state index in [1.54, 1.807) is 0 Å². The number of rotatable bonds is 3. The number of hydrogen-bond donors (Lipinski definition) is 0. The average Bonchev–Trinajstić information content (AvgIpc) is 2.80. The van der Waals surface area contributed by atoms with Crippen LogP contribution < -0.4 is 0 Å². The molecule has 2 aromatic rings. The summed E-state index contributed by atoms with van der Waals surface area (Å²) in [5, 5.41) is 2.63. The fraction of sp³-hybridized carbons (Fsp3) is 0.167. The molecule has 0 atom stereocenters. The van der Waals surface area contributed by atoms with Gasteiger partial charge in [0.05, 0.1) is 0 Å². The smallest absolute Gasteiger partial charge is 0.00860 e. The highest BCUT2D eigenvalue weighted by molar-refractivity contribution is 5.89. The van der Waals surface area contributed by atoms with Crippen LogP contribution in [0.2, 0.25) is 0 Å². The second-order valence-electron chi connectivity index (χ2n) is 6.55. The van der Waals surface area contributed by atoms with Gasteiger partial charge >= 0.3 is 0 Å². The molecule has 1 aliphatic rings. The van der Waals surface area contributed by atoms with Crippen LogP contribution in [0, 0.1) is 6.92 Å². The first kappa shape index (κ1) is 16.3. The molecule has 3 rings (SSSR count). The molecule has 0 radical (unpaired) electrons. The van der Waals surface area contributed by atoms with Crippen molar-refractivity contribution < 1.29 is 0 Å². The maximum Gasteiger partial charge on any atom is -0.00860 e. The fourth-order valence-electron chi connectivity index (χ4n) is 3.24. The normalized spacial score (nSPS) is 15.0. The van der Waals surface area contributed by atoms with Gasteiger partial charge in [-0.3, -0.25) is 0 Å². The highest BCUT2D eigenvalue weighted by Crippen LogP contribution is 2.28. The Balaban J connectivity index is 2.09. The van der Waals surface area contributed by atoms with E-state index >= 15 is 0 Å². The van der Waals surface area contributed by atoms with Gasteiger partial charge in [0, 0.05) is 0 Å². The van der Waals surface area contributed by atoms with Crippen molar-refractivity contribution in [2.45, 2.75) is 27.2 Å². The molecule has 0 fully saturated rings. The van der Waals surface area contributed by atoms with Crippen molar-refractivity contribution in [1.29, 1.82) is 0 Å². The van der Waals surface area contributed by atoms with Crippen LogP contribution in [0.15, 0.2) is 90.1 Å². The number of aryl methyl sites for hydroxylation is 1. The third-order valence-electron chi connectivity index (χ3n) is 4.60. The third-order valence-corrected chi connectivity index (χ3v) is 4.60. The van der Waals surface area contributed by atoms with E-state index in [1.165, 1.54) is 38.6 Å². The molecule has 1 aliphatic carbocycles. The molecule has 0 amide bonds. The Kier molecular flexibility index (Phi) is 4.66. The minimum atomic E-state index is 0.943. The molecule has 0 aliphatic heterocycles. The maximum atomic E-state index is 4.15. The van der Waals surface area contributed by atoms with Gasteiger partial charge in [-0.05, 0) is 71.9 Å². The van der Waals surface area contributed by atoms with E-state index in [4.69, 9.17) is 0 Å². The van der Waals surface area contributed by atoms with Crippen LogP contribution in [0.25, 0.3) is 16.3 Å². The Hall–Kier alpha value is -2.60. The maximum absolute atomic E-state index is 4.15. The molecule has 120 valence electrons. The van der Waals surface area contributed by atoms with Gasteiger partial charge < -0.3 is 0 Å². The van der Waals surface area contributed by atoms with Crippen molar-refractivity contribution in [3.8, 4) is 0 Å². The summed E-state index contributed by atoms with van der Waals surface area (Å²) in [6.45, 7) is 10.6. The quantitative estimate of drug-likeness (QED) is 0.576. The van der Waals surface area contributed by atoms with E-state index in [2.05, 4.69) is 94.1 Å². The van der Waals surface area contributed by atoms with Gasteiger partial charge in [-0.2, -0.15) is 0 Å². The third kappa shape index (κ3) is 3.33. The molecule has 0 heterocycles. The Morgan fingerprint density at radius 1 is 1.08 bits per heavy atom. The van der Waals surface area contributed by atoms with Gasteiger partial charge in [-0.15, -0.1) is 0 Å². The highest BCUT2D eigenvalue weighted by atomic mass is 14.1. The molecule has 2 aromatic carbocycles. The Morgan fingerprint density at radius 2 is 1.88 bits per heavy atom. The summed E-state index contributed by atoms with van der Waals surface area (Å²) in [7, 11) is 0. The first-order chi connectivity index (χ1) is 11.6.